The molecule has 0 aliphatic carbocycles. The molecule has 0 bridgehead atoms. The number of nitrogens with one attached hydrogen (secondary N) is 2. The van der Waals surface area contributed by atoms with Crippen molar-refractivity contribution < 1.29 is 18.0 Å². The van der Waals surface area contributed by atoms with Gasteiger partial charge in [0.2, 0.25) is 5.91 Å². The van der Waals surface area contributed by atoms with Crippen molar-refractivity contribution in [3.05, 3.63) is 23.9 Å². The number of hydrogen-bond acceptors (Lipinski definition) is 4. The van der Waals surface area contributed by atoms with Gasteiger partial charge in [0.15, 0.2) is 0 Å². The number of aromatic nitrogens is 1. The predicted molar refractivity (Wildman–Crippen MR) is 88.2 cm³/mol. The second kappa shape index (κ2) is 7.59. The van der Waals surface area contributed by atoms with Gasteiger partial charge in [0.25, 0.3) is 0 Å². The van der Waals surface area contributed by atoms with Crippen molar-refractivity contribution in [2.45, 2.75) is 37.9 Å². The van der Waals surface area contributed by atoms with Gasteiger partial charge in [-0.3, -0.25) is 4.79 Å². The first-order chi connectivity index (χ1) is 11.9. The van der Waals surface area contributed by atoms with Crippen molar-refractivity contribution in [2.24, 2.45) is 5.92 Å². The predicted octanol–water partition coefficient (Wildman–Crippen LogP) is 2.19. The van der Waals surface area contributed by atoms with Crippen LogP contribution >= 0.6 is 0 Å². The summed E-state index contributed by atoms with van der Waals surface area (Å²) in [6.07, 6.45) is 0.533. The van der Waals surface area contributed by atoms with Crippen LogP contribution < -0.4 is 15.5 Å². The number of alkyl halides is 3. The van der Waals surface area contributed by atoms with Crippen molar-refractivity contribution in [3.8, 4) is 0 Å². The molecule has 3 rings (SSSR count). The lowest BCUT2D eigenvalue weighted by atomic mass is 9.97. The second-order valence-electron chi connectivity index (χ2n) is 6.75. The van der Waals surface area contributed by atoms with E-state index in [4.69, 9.17) is 0 Å². The summed E-state index contributed by atoms with van der Waals surface area (Å²) >= 11 is 0. The Hall–Kier alpha value is -1.83. The molecule has 0 saturated carbocycles. The summed E-state index contributed by atoms with van der Waals surface area (Å²) < 4.78 is 38.6. The summed E-state index contributed by atoms with van der Waals surface area (Å²) in [5.74, 6) is 0.588. The van der Waals surface area contributed by atoms with Gasteiger partial charge in [0.05, 0.1) is 11.6 Å². The molecule has 2 atom stereocenters. The van der Waals surface area contributed by atoms with Crippen molar-refractivity contribution in [3.63, 3.8) is 0 Å². The van der Waals surface area contributed by atoms with Gasteiger partial charge in [-0.1, -0.05) is 0 Å². The smallest absolute Gasteiger partial charge is 0.356 e. The van der Waals surface area contributed by atoms with Crippen molar-refractivity contribution in [1.82, 2.24) is 15.6 Å². The lowest BCUT2D eigenvalue weighted by Gasteiger charge is -2.34. The van der Waals surface area contributed by atoms with Crippen LogP contribution in [0.3, 0.4) is 0 Å². The van der Waals surface area contributed by atoms with Crippen LogP contribution in [0.5, 0.6) is 0 Å². The highest BCUT2D eigenvalue weighted by molar-refractivity contribution is 5.82. The first kappa shape index (κ1) is 18.0. The highest BCUT2D eigenvalue weighted by atomic mass is 19.4. The Morgan fingerprint density at radius 2 is 2.20 bits per heavy atom. The van der Waals surface area contributed by atoms with Crippen LogP contribution in [0, 0.1) is 5.92 Å². The van der Waals surface area contributed by atoms with Gasteiger partial charge in [-0.2, -0.15) is 13.2 Å². The molecule has 2 unspecified atom stereocenters. The van der Waals surface area contributed by atoms with Gasteiger partial charge >= 0.3 is 6.18 Å². The fourth-order valence-electron chi connectivity index (χ4n) is 3.48. The average Bonchev–Trinajstić information content (AvgIpc) is 3.14. The third-order valence-corrected chi connectivity index (χ3v) is 4.86. The quantitative estimate of drug-likeness (QED) is 0.868. The summed E-state index contributed by atoms with van der Waals surface area (Å²) in [5.41, 5.74) is -0.680. The minimum absolute atomic E-state index is 0.0202. The van der Waals surface area contributed by atoms with E-state index in [-0.39, 0.29) is 17.9 Å². The maximum atomic E-state index is 12.9. The molecule has 8 heteroatoms. The molecular weight excluding hydrogens is 333 g/mol. The second-order valence-corrected chi connectivity index (χ2v) is 6.75. The highest BCUT2D eigenvalue weighted by Gasteiger charge is 2.32. The highest BCUT2D eigenvalue weighted by Crippen LogP contribution is 2.31. The third kappa shape index (κ3) is 4.62. The molecule has 3 heterocycles. The number of piperidine rings is 1. The van der Waals surface area contributed by atoms with Crippen LogP contribution in [0.25, 0.3) is 0 Å². The maximum Gasteiger partial charge on any atom is 0.416 e. The van der Waals surface area contributed by atoms with Crippen LogP contribution in [-0.2, 0) is 11.0 Å². The number of nitrogens with zero attached hydrogens (tertiary/aromatic N) is 2. The van der Waals surface area contributed by atoms with E-state index in [9.17, 15) is 18.0 Å². The summed E-state index contributed by atoms with van der Waals surface area (Å²) in [7, 11) is 0. The number of pyridine rings is 1. The number of carbonyl (C=O) groups is 1. The largest absolute Gasteiger partial charge is 0.416 e. The summed E-state index contributed by atoms with van der Waals surface area (Å²) in [4.78, 5) is 18.0. The normalized spacial score (nSPS) is 24.4. The Balaban J connectivity index is 1.56. The summed E-state index contributed by atoms with van der Waals surface area (Å²) in [6, 6.07) is 1.98. The molecule has 2 aliphatic heterocycles. The zero-order valence-electron chi connectivity index (χ0n) is 14.0. The molecule has 0 radical (unpaired) electrons. The van der Waals surface area contributed by atoms with Crippen molar-refractivity contribution >= 4 is 11.7 Å². The lowest BCUT2D eigenvalue weighted by Crippen LogP contribution is -2.45. The molecule has 1 amide bonds. The van der Waals surface area contributed by atoms with E-state index in [0.717, 1.165) is 44.4 Å². The minimum Gasteiger partial charge on any atom is -0.356 e. The molecule has 2 N–H and O–H groups in total. The maximum absolute atomic E-state index is 12.9. The number of halogens is 3. The number of amides is 1. The molecule has 25 heavy (non-hydrogen) atoms. The Bertz CT molecular complexity index is 602. The van der Waals surface area contributed by atoms with Crippen LogP contribution in [0.2, 0.25) is 0 Å². The third-order valence-electron chi connectivity index (χ3n) is 4.86. The monoisotopic (exact) mass is 356 g/mol. The number of hydrogen-bond donors (Lipinski definition) is 2. The molecule has 0 aromatic carbocycles. The fourth-order valence-corrected chi connectivity index (χ4v) is 3.48. The SMILES string of the molecule is O=C(NCC1CCCN(c2cc(C(F)(F)F)ccn2)C1)C1CCCN1. The summed E-state index contributed by atoms with van der Waals surface area (Å²) in [6.45, 7) is 2.71. The van der Waals surface area contributed by atoms with Crippen molar-refractivity contribution in [1.29, 1.82) is 0 Å². The number of anilines is 1. The summed E-state index contributed by atoms with van der Waals surface area (Å²) in [5, 5.41) is 6.13. The molecule has 2 fully saturated rings. The van der Waals surface area contributed by atoms with E-state index in [1.165, 1.54) is 6.20 Å². The van der Waals surface area contributed by atoms with Crippen LogP contribution in [0.1, 0.15) is 31.2 Å². The fraction of sp³-hybridized carbons (Fsp3) is 0.647. The first-order valence-electron chi connectivity index (χ1n) is 8.73. The molecular formula is C17H23F3N4O. The van der Waals surface area contributed by atoms with Gasteiger partial charge in [-0.25, -0.2) is 4.98 Å². The van der Waals surface area contributed by atoms with Gasteiger partial charge in [-0.15, -0.1) is 0 Å². The number of carbonyl (C=O) groups excluding carboxylic acids is 1. The van der Waals surface area contributed by atoms with Gasteiger partial charge in [0.1, 0.15) is 5.82 Å². The molecule has 2 saturated heterocycles. The molecule has 138 valence electrons. The molecule has 0 spiro atoms. The standard InChI is InChI=1S/C17H23F3N4O/c18-17(19,20)13-5-7-22-15(9-13)24-8-2-3-12(11-24)10-23-16(25)14-4-1-6-21-14/h5,7,9,12,14,21H,1-4,6,8,10-11H2,(H,23,25). The van der Waals surface area contributed by atoms with Crippen LogP contribution in [0.15, 0.2) is 18.3 Å². The van der Waals surface area contributed by atoms with E-state index >= 15 is 0 Å². The minimum atomic E-state index is -4.37. The first-order valence-corrected chi connectivity index (χ1v) is 8.73. The average molecular weight is 356 g/mol. The Morgan fingerprint density at radius 1 is 1.36 bits per heavy atom. The van der Waals surface area contributed by atoms with Crippen LogP contribution in [-0.4, -0.2) is 43.1 Å². The molecule has 1 aromatic heterocycles. The van der Waals surface area contributed by atoms with Crippen LogP contribution in [0.4, 0.5) is 19.0 Å². The Labute approximate surface area is 145 Å². The van der Waals surface area contributed by atoms with E-state index in [0.29, 0.717) is 25.5 Å². The zero-order valence-corrected chi connectivity index (χ0v) is 14.0. The van der Waals surface area contributed by atoms with E-state index in [1.807, 2.05) is 4.90 Å². The number of rotatable bonds is 4. The topological polar surface area (TPSA) is 57.3 Å². The van der Waals surface area contributed by atoms with Gasteiger partial charge in [0, 0.05) is 25.8 Å². The van der Waals surface area contributed by atoms with Crippen molar-refractivity contribution in [2.75, 3.05) is 31.1 Å². The molecule has 5 nitrogen and oxygen atoms in total. The van der Waals surface area contributed by atoms with Gasteiger partial charge in [-0.05, 0) is 50.3 Å². The Kier molecular flexibility index (Phi) is 5.46. The molecule has 1 aromatic rings. The lowest BCUT2D eigenvalue weighted by molar-refractivity contribution is -0.137. The molecule has 2 aliphatic rings. The van der Waals surface area contributed by atoms with Gasteiger partial charge < -0.3 is 15.5 Å². The van der Waals surface area contributed by atoms with E-state index in [2.05, 4.69) is 15.6 Å². The Morgan fingerprint density at radius 3 is 2.92 bits per heavy atom. The zero-order chi connectivity index (χ0) is 17.9. The van der Waals surface area contributed by atoms with E-state index in [1.54, 1.807) is 0 Å². The van der Waals surface area contributed by atoms with E-state index < -0.39 is 11.7 Å².